The Kier molecular flexibility index (Phi) is 2.67. The minimum Gasteiger partial charge on any atom is -0.493 e. The summed E-state index contributed by atoms with van der Waals surface area (Å²) in [4.78, 5) is 1.99. The van der Waals surface area contributed by atoms with Crippen LogP contribution in [-0.2, 0) is 6.42 Å². The van der Waals surface area contributed by atoms with Crippen molar-refractivity contribution in [2.75, 3.05) is 24.6 Å². The maximum atomic E-state index is 13.4. The zero-order valence-corrected chi connectivity index (χ0v) is 9.73. The van der Waals surface area contributed by atoms with E-state index >= 15 is 0 Å². The third-order valence-corrected chi connectivity index (χ3v) is 3.55. The van der Waals surface area contributed by atoms with Crippen molar-refractivity contribution < 1.29 is 9.13 Å². The molecular formula is C13H17FN2O. The quantitative estimate of drug-likeness (QED) is 0.803. The van der Waals surface area contributed by atoms with E-state index in [-0.39, 0.29) is 6.04 Å². The number of alkyl halides is 1. The Morgan fingerprint density at radius 1 is 1.35 bits per heavy atom. The Labute approximate surface area is 100 Å². The Bertz CT molecular complexity index is 414. The highest BCUT2D eigenvalue weighted by Gasteiger charge is 2.30. The van der Waals surface area contributed by atoms with Gasteiger partial charge in [-0.3, -0.25) is 0 Å². The summed E-state index contributed by atoms with van der Waals surface area (Å²) >= 11 is 0. The number of rotatable bonds is 1. The number of hydrogen-bond donors (Lipinski definition) is 1. The number of halogens is 1. The SMILES string of the molecule is N[C@@H]1CN(c2ccc3c(c2)OCCC3)C[C@@H]1F. The molecule has 0 saturated carbocycles. The van der Waals surface area contributed by atoms with E-state index in [2.05, 4.69) is 6.07 Å². The van der Waals surface area contributed by atoms with E-state index in [0.29, 0.717) is 13.1 Å². The second-order valence-corrected chi connectivity index (χ2v) is 4.83. The van der Waals surface area contributed by atoms with Crippen molar-refractivity contribution in [2.45, 2.75) is 25.1 Å². The van der Waals surface area contributed by atoms with Gasteiger partial charge in [-0.25, -0.2) is 4.39 Å². The van der Waals surface area contributed by atoms with Gasteiger partial charge < -0.3 is 15.4 Å². The van der Waals surface area contributed by atoms with Crippen LogP contribution >= 0.6 is 0 Å². The number of fused-ring (bicyclic) bond motifs is 1. The van der Waals surface area contributed by atoms with Crippen molar-refractivity contribution in [3.8, 4) is 5.75 Å². The first-order valence-corrected chi connectivity index (χ1v) is 6.14. The Morgan fingerprint density at radius 2 is 2.24 bits per heavy atom. The maximum Gasteiger partial charge on any atom is 0.134 e. The smallest absolute Gasteiger partial charge is 0.134 e. The van der Waals surface area contributed by atoms with Crippen LogP contribution in [0.15, 0.2) is 18.2 Å². The standard InChI is InChI=1S/C13H17FN2O/c14-11-7-16(8-12(11)15)10-4-3-9-2-1-5-17-13(9)6-10/h3-4,6,11-12H,1-2,5,7-8,15H2/t11-,12+/m0/s1. The fraction of sp³-hybridized carbons (Fsp3) is 0.538. The molecule has 2 aliphatic rings. The second kappa shape index (κ2) is 4.18. The molecular weight excluding hydrogens is 219 g/mol. The molecule has 0 aliphatic carbocycles. The molecule has 3 nitrogen and oxygen atoms in total. The van der Waals surface area contributed by atoms with E-state index in [4.69, 9.17) is 10.5 Å². The van der Waals surface area contributed by atoms with Crippen molar-refractivity contribution in [2.24, 2.45) is 5.73 Å². The van der Waals surface area contributed by atoms with Crippen molar-refractivity contribution >= 4 is 5.69 Å². The lowest BCUT2D eigenvalue weighted by molar-refractivity contribution is 0.288. The number of aryl methyl sites for hydroxylation is 1. The number of hydrogen-bond acceptors (Lipinski definition) is 3. The van der Waals surface area contributed by atoms with Gasteiger partial charge in [-0.1, -0.05) is 6.07 Å². The summed E-state index contributed by atoms with van der Waals surface area (Å²) in [6.07, 6.45) is 1.22. The molecule has 0 aromatic heterocycles. The number of nitrogens with zero attached hydrogens (tertiary/aromatic N) is 1. The van der Waals surface area contributed by atoms with Crippen LogP contribution in [0.2, 0.25) is 0 Å². The summed E-state index contributed by atoms with van der Waals surface area (Å²) in [7, 11) is 0. The first-order valence-electron chi connectivity index (χ1n) is 6.14. The monoisotopic (exact) mass is 236 g/mol. The number of nitrogens with two attached hydrogens (primary N) is 1. The molecule has 1 saturated heterocycles. The van der Waals surface area contributed by atoms with Crippen LogP contribution in [0.3, 0.4) is 0 Å². The lowest BCUT2D eigenvalue weighted by Gasteiger charge is -2.22. The summed E-state index contributed by atoms with van der Waals surface area (Å²) in [6.45, 7) is 1.75. The number of anilines is 1. The summed E-state index contributed by atoms with van der Waals surface area (Å²) in [5.74, 6) is 0.949. The molecule has 2 heterocycles. The topological polar surface area (TPSA) is 38.5 Å². The first-order chi connectivity index (χ1) is 8.24. The van der Waals surface area contributed by atoms with Crippen molar-refractivity contribution in [3.63, 3.8) is 0 Å². The largest absolute Gasteiger partial charge is 0.493 e. The zero-order chi connectivity index (χ0) is 11.8. The first kappa shape index (κ1) is 10.8. The van der Waals surface area contributed by atoms with E-state index in [1.54, 1.807) is 0 Å². The Morgan fingerprint density at radius 3 is 3.00 bits per heavy atom. The molecule has 0 spiro atoms. The predicted octanol–water partition coefficient (Wildman–Crippen LogP) is 1.50. The molecule has 0 amide bonds. The average molecular weight is 236 g/mol. The highest BCUT2D eigenvalue weighted by atomic mass is 19.1. The van der Waals surface area contributed by atoms with Crippen LogP contribution in [0.4, 0.5) is 10.1 Å². The minimum atomic E-state index is -0.924. The van der Waals surface area contributed by atoms with Crippen LogP contribution in [0.5, 0.6) is 5.75 Å². The average Bonchev–Trinajstić information content (AvgIpc) is 2.69. The highest BCUT2D eigenvalue weighted by Crippen LogP contribution is 2.31. The van der Waals surface area contributed by atoms with Crippen LogP contribution in [0, 0.1) is 0 Å². The van der Waals surface area contributed by atoms with Gasteiger partial charge in [0.25, 0.3) is 0 Å². The molecule has 17 heavy (non-hydrogen) atoms. The van der Waals surface area contributed by atoms with Gasteiger partial charge in [0, 0.05) is 18.3 Å². The third kappa shape index (κ3) is 1.97. The highest BCUT2D eigenvalue weighted by molar-refractivity contribution is 5.55. The second-order valence-electron chi connectivity index (χ2n) is 4.83. The predicted molar refractivity (Wildman–Crippen MR) is 65.3 cm³/mol. The molecule has 0 radical (unpaired) electrons. The summed E-state index contributed by atoms with van der Waals surface area (Å²) in [6, 6.07) is 5.77. The molecule has 2 aliphatic heterocycles. The Hall–Kier alpha value is -1.29. The van der Waals surface area contributed by atoms with Gasteiger partial charge >= 0.3 is 0 Å². The molecule has 1 aromatic rings. The van der Waals surface area contributed by atoms with Gasteiger partial charge in [0.15, 0.2) is 0 Å². The molecule has 1 fully saturated rings. The van der Waals surface area contributed by atoms with E-state index in [1.807, 2.05) is 17.0 Å². The van der Waals surface area contributed by atoms with Crippen molar-refractivity contribution in [1.29, 1.82) is 0 Å². The van der Waals surface area contributed by atoms with Gasteiger partial charge in [-0.2, -0.15) is 0 Å². The van der Waals surface area contributed by atoms with Gasteiger partial charge in [-0.15, -0.1) is 0 Å². The fourth-order valence-electron chi connectivity index (χ4n) is 2.53. The van der Waals surface area contributed by atoms with Gasteiger partial charge in [0.2, 0.25) is 0 Å². The molecule has 4 heteroatoms. The summed E-state index contributed by atoms with van der Waals surface area (Å²) in [5, 5.41) is 0. The lowest BCUT2D eigenvalue weighted by atomic mass is 10.1. The van der Waals surface area contributed by atoms with Crippen LogP contribution < -0.4 is 15.4 Å². The minimum absolute atomic E-state index is 0.369. The maximum absolute atomic E-state index is 13.4. The molecule has 2 N–H and O–H groups in total. The summed E-state index contributed by atoms with van der Waals surface area (Å²) in [5.41, 5.74) is 7.96. The zero-order valence-electron chi connectivity index (χ0n) is 9.73. The fourth-order valence-corrected chi connectivity index (χ4v) is 2.53. The van der Waals surface area contributed by atoms with E-state index < -0.39 is 6.17 Å². The lowest BCUT2D eigenvalue weighted by Crippen LogP contribution is -2.30. The number of benzene rings is 1. The van der Waals surface area contributed by atoms with Crippen molar-refractivity contribution in [3.05, 3.63) is 23.8 Å². The normalized spacial score (nSPS) is 27.8. The van der Waals surface area contributed by atoms with Crippen molar-refractivity contribution in [1.82, 2.24) is 0 Å². The summed E-state index contributed by atoms with van der Waals surface area (Å²) < 4.78 is 19.0. The molecule has 1 aromatic carbocycles. The van der Waals surface area contributed by atoms with Gasteiger partial charge in [0.05, 0.1) is 19.2 Å². The Balaban J connectivity index is 1.84. The number of ether oxygens (including phenoxy) is 1. The molecule has 2 atom stereocenters. The van der Waals surface area contributed by atoms with Crippen LogP contribution in [-0.4, -0.2) is 31.9 Å². The van der Waals surface area contributed by atoms with Gasteiger partial charge in [-0.05, 0) is 24.5 Å². The molecule has 92 valence electrons. The van der Waals surface area contributed by atoms with E-state index in [9.17, 15) is 4.39 Å². The van der Waals surface area contributed by atoms with E-state index in [0.717, 1.165) is 30.9 Å². The van der Waals surface area contributed by atoms with Gasteiger partial charge in [0.1, 0.15) is 11.9 Å². The molecule has 3 rings (SSSR count). The van der Waals surface area contributed by atoms with Crippen LogP contribution in [0.1, 0.15) is 12.0 Å². The molecule has 0 bridgehead atoms. The van der Waals surface area contributed by atoms with E-state index in [1.165, 1.54) is 5.56 Å². The molecule has 0 unspecified atom stereocenters. The third-order valence-electron chi connectivity index (χ3n) is 3.55. The van der Waals surface area contributed by atoms with Crippen LogP contribution in [0.25, 0.3) is 0 Å².